The van der Waals surface area contributed by atoms with Crippen LogP contribution in [0.5, 0.6) is 0 Å². The Hall–Kier alpha value is -3.71. The molecule has 0 radical (unpaired) electrons. The van der Waals surface area contributed by atoms with Crippen LogP contribution in [0.3, 0.4) is 0 Å². The molecule has 1 aliphatic heterocycles. The van der Waals surface area contributed by atoms with Gasteiger partial charge < -0.3 is 14.2 Å². The van der Waals surface area contributed by atoms with Crippen LogP contribution in [0.1, 0.15) is 5.69 Å². The lowest BCUT2D eigenvalue weighted by Gasteiger charge is -2.27. The summed E-state index contributed by atoms with van der Waals surface area (Å²) in [6, 6.07) is 12.1. The number of hydrogen-bond donors (Lipinski definition) is 0. The summed E-state index contributed by atoms with van der Waals surface area (Å²) in [4.78, 5) is 20.9. The quantitative estimate of drug-likeness (QED) is 0.453. The molecule has 0 aliphatic carbocycles. The summed E-state index contributed by atoms with van der Waals surface area (Å²) in [7, 11) is 3.97. The molecule has 1 aromatic carbocycles. The monoisotopic (exact) mass is 427 g/mol. The Labute approximate surface area is 186 Å². The molecule has 1 aliphatic rings. The standard InChI is InChI=1S/C25H25N5O2/c1-28(2)12-3-4-23(31)29-13-14-30-21(17-29)24(18-7-10-26-11-8-18)25(27-30)20-5-6-22-19(16-20)9-15-32-22/h3-11,15-16H,12-14,17H2,1-2H3/b4-3+. The van der Waals surface area contributed by atoms with E-state index in [0.29, 0.717) is 19.6 Å². The number of carbonyl (C=O) groups excluding carboxylic acids is 1. The first-order valence-corrected chi connectivity index (χ1v) is 10.7. The average molecular weight is 428 g/mol. The van der Waals surface area contributed by atoms with Crippen LogP contribution in [0.25, 0.3) is 33.4 Å². The zero-order chi connectivity index (χ0) is 22.1. The molecule has 162 valence electrons. The van der Waals surface area contributed by atoms with E-state index in [0.717, 1.165) is 45.6 Å². The summed E-state index contributed by atoms with van der Waals surface area (Å²) in [5.74, 6) is 0.0290. The van der Waals surface area contributed by atoms with Gasteiger partial charge in [-0.25, -0.2) is 0 Å². The van der Waals surface area contributed by atoms with Crippen molar-refractivity contribution in [1.82, 2.24) is 24.6 Å². The Bertz CT molecular complexity index is 1290. The first-order chi connectivity index (χ1) is 15.6. The van der Waals surface area contributed by atoms with Crippen molar-refractivity contribution in [3.63, 3.8) is 0 Å². The molecule has 4 heterocycles. The Morgan fingerprint density at radius 2 is 1.97 bits per heavy atom. The van der Waals surface area contributed by atoms with Crippen molar-refractivity contribution in [1.29, 1.82) is 0 Å². The van der Waals surface area contributed by atoms with E-state index in [4.69, 9.17) is 9.52 Å². The van der Waals surface area contributed by atoms with Crippen molar-refractivity contribution in [2.75, 3.05) is 27.2 Å². The van der Waals surface area contributed by atoms with Crippen molar-refractivity contribution in [2.24, 2.45) is 0 Å². The molecule has 7 nitrogen and oxygen atoms in total. The van der Waals surface area contributed by atoms with E-state index >= 15 is 0 Å². The Morgan fingerprint density at radius 3 is 2.78 bits per heavy atom. The highest BCUT2D eigenvalue weighted by Gasteiger charge is 2.27. The number of hydrogen-bond acceptors (Lipinski definition) is 5. The van der Waals surface area contributed by atoms with E-state index in [1.807, 2.05) is 65.0 Å². The van der Waals surface area contributed by atoms with Crippen molar-refractivity contribution in [2.45, 2.75) is 13.1 Å². The van der Waals surface area contributed by atoms with Gasteiger partial charge in [-0.2, -0.15) is 5.10 Å². The van der Waals surface area contributed by atoms with E-state index < -0.39 is 0 Å². The van der Waals surface area contributed by atoms with Gasteiger partial charge in [0, 0.05) is 48.1 Å². The van der Waals surface area contributed by atoms with Gasteiger partial charge in [0.2, 0.25) is 5.91 Å². The summed E-state index contributed by atoms with van der Waals surface area (Å²) < 4.78 is 7.54. The fraction of sp³-hybridized carbons (Fsp3) is 0.240. The van der Waals surface area contributed by atoms with Crippen LogP contribution < -0.4 is 0 Å². The molecule has 0 atom stereocenters. The molecule has 0 N–H and O–H groups in total. The normalized spacial score (nSPS) is 13.9. The topological polar surface area (TPSA) is 67.4 Å². The highest BCUT2D eigenvalue weighted by molar-refractivity contribution is 5.90. The van der Waals surface area contributed by atoms with Crippen molar-refractivity contribution in [3.05, 3.63) is 72.9 Å². The smallest absolute Gasteiger partial charge is 0.246 e. The summed E-state index contributed by atoms with van der Waals surface area (Å²) in [6.07, 6.45) is 8.86. The fourth-order valence-electron chi connectivity index (χ4n) is 4.11. The number of benzene rings is 1. The van der Waals surface area contributed by atoms with Gasteiger partial charge in [-0.05, 0) is 56.1 Å². The SMILES string of the molecule is CN(C)C/C=C/C(=O)N1CCn2nc(-c3ccc4occc4c3)c(-c3ccncc3)c2C1. The molecule has 4 aromatic rings. The van der Waals surface area contributed by atoms with Crippen LogP contribution in [0.2, 0.25) is 0 Å². The third-order valence-electron chi connectivity index (χ3n) is 5.72. The molecule has 0 fully saturated rings. The molecular formula is C25H25N5O2. The maximum Gasteiger partial charge on any atom is 0.246 e. The second-order valence-corrected chi connectivity index (χ2v) is 8.23. The van der Waals surface area contributed by atoms with E-state index in [9.17, 15) is 4.79 Å². The summed E-state index contributed by atoms with van der Waals surface area (Å²) in [6.45, 7) is 2.55. The van der Waals surface area contributed by atoms with Crippen molar-refractivity contribution < 1.29 is 9.21 Å². The maximum absolute atomic E-state index is 12.8. The van der Waals surface area contributed by atoms with Gasteiger partial charge in [0.15, 0.2) is 0 Å². The molecule has 5 rings (SSSR count). The summed E-state index contributed by atoms with van der Waals surface area (Å²) in [5, 5.41) is 6.01. The van der Waals surface area contributed by atoms with Gasteiger partial charge in [0.05, 0.1) is 25.0 Å². The van der Waals surface area contributed by atoms with Crippen molar-refractivity contribution >= 4 is 16.9 Å². The van der Waals surface area contributed by atoms with Gasteiger partial charge in [0.25, 0.3) is 0 Å². The minimum Gasteiger partial charge on any atom is -0.464 e. The Kier molecular flexibility index (Phi) is 5.33. The Balaban J connectivity index is 1.55. The highest BCUT2D eigenvalue weighted by Crippen LogP contribution is 2.37. The van der Waals surface area contributed by atoms with E-state index in [-0.39, 0.29) is 5.91 Å². The van der Waals surface area contributed by atoms with Gasteiger partial charge in [-0.1, -0.05) is 6.08 Å². The summed E-state index contributed by atoms with van der Waals surface area (Å²) >= 11 is 0. The number of furan rings is 1. The largest absolute Gasteiger partial charge is 0.464 e. The number of fused-ring (bicyclic) bond motifs is 2. The van der Waals surface area contributed by atoms with Gasteiger partial charge in [-0.15, -0.1) is 0 Å². The van der Waals surface area contributed by atoms with E-state index in [1.54, 1.807) is 24.7 Å². The number of amides is 1. The van der Waals surface area contributed by atoms with Gasteiger partial charge >= 0.3 is 0 Å². The number of likely N-dealkylation sites (N-methyl/N-ethyl adjacent to an activating group) is 1. The molecule has 3 aromatic heterocycles. The first kappa shape index (κ1) is 20.2. The van der Waals surface area contributed by atoms with Crippen LogP contribution in [-0.2, 0) is 17.9 Å². The van der Waals surface area contributed by atoms with E-state index in [2.05, 4.69) is 11.1 Å². The molecule has 0 spiro atoms. The lowest BCUT2D eigenvalue weighted by atomic mass is 9.98. The number of pyridine rings is 1. The molecule has 7 heteroatoms. The first-order valence-electron chi connectivity index (χ1n) is 10.7. The number of rotatable bonds is 5. The number of aromatic nitrogens is 3. The molecule has 0 bridgehead atoms. The second kappa shape index (κ2) is 8.43. The van der Waals surface area contributed by atoms with Gasteiger partial charge in [-0.3, -0.25) is 14.5 Å². The maximum atomic E-state index is 12.8. The molecule has 0 saturated carbocycles. The number of carbonyl (C=O) groups is 1. The average Bonchev–Trinajstić information content (AvgIpc) is 3.42. The number of nitrogens with zero attached hydrogens (tertiary/aromatic N) is 5. The minimum atomic E-state index is 0.0290. The zero-order valence-corrected chi connectivity index (χ0v) is 18.2. The van der Waals surface area contributed by atoms with Crippen LogP contribution in [-0.4, -0.2) is 57.7 Å². The molecule has 32 heavy (non-hydrogen) atoms. The zero-order valence-electron chi connectivity index (χ0n) is 18.2. The predicted octanol–water partition coefficient (Wildman–Crippen LogP) is 3.82. The van der Waals surface area contributed by atoms with Gasteiger partial charge in [0.1, 0.15) is 11.3 Å². The third kappa shape index (κ3) is 3.83. The lowest BCUT2D eigenvalue weighted by molar-refractivity contribution is -0.127. The summed E-state index contributed by atoms with van der Waals surface area (Å²) in [5.41, 5.74) is 5.91. The fourth-order valence-corrected chi connectivity index (χ4v) is 4.11. The van der Waals surface area contributed by atoms with Crippen LogP contribution >= 0.6 is 0 Å². The van der Waals surface area contributed by atoms with E-state index in [1.165, 1.54) is 0 Å². The second-order valence-electron chi connectivity index (χ2n) is 8.23. The lowest BCUT2D eigenvalue weighted by Crippen LogP contribution is -2.37. The molecular weight excluding hydrogens is 402 g/mol. The third-order valence-corrected chi connectivity index (χ3v) is 5.72. The van der Waals surface area contributed by atoms with Crippen LogP contribution in [0.4, 0.5) is 0 Å². The van der Waals surface area contributed by atoms with Crippen LogP contribution in [0, 0.1) is 0 Å². The van der Waals surface area contributed by atoms with Crippen LogP contribution in [0.15, 0.2) is 71.6 Å². The highest BCUT2D eigenvalue weighted by atomic mass is 16.3. The van der Waals surface area contributed by atoms with Crippen molar-refractivity contribution in [3.8, 4) is 22.4 Å². The predicted molar refractivity (Wildman–Crippen MR) is 124 cm³/mol. The minimum absolute atomic E-state index is 0.0290. The molecule has 1 amide bonds. The molecule has 0 unspecified atom stereocenters. The Morgan fingerprint density at radius 1 is 1.12 bits per heavy atom. The molecule has 0 saturated heterocycles.